The second-order valence-electron chi connectivity index (χ2n) is 2.40. The molecule has 0 saturated heterocycles. The summed E-state index contributed by atoms with van der Waals surface area (Å²) in [6.07, 6.45) is 1.79. The van der Waals surface area contributed by atoms with E-state index in [0.717, 1.165) is 0 Å². The molecule has 0 aliphatic carbocycles. The van der Waals surface area contributed by atoms with Crippen LogP contribution in [0.5, 0.6) is 11.5 Å². The van der Waals surface area contributed by atoms with Crippen molar-refractivity contribution in [3.63, 3.8) is 0 Å². The third kappa shape index (κ3) is 2.21. The molecule has 1 radical (unpaired) electrons. The summed E-state index contributed by atoms with van der Waals surface area (Å²) in [5.41, 5.74) is 0.462. The Morgan fingerprint density at radius 1 is 1.38 bits per heavy atom. The third-order valence-electron chi connectivity index (χ3n) is 1.58. The summed E-state index contributed by atoms with van der Waals surface area (Å²) in [6, 6.07) is 4.93. The van der Waals surface area contributed by atoms with Gasteiger partial charge in [-0.05, 0) is 25.1 Å². The van der Waals surface area contributed by atoms with Crippen molar-refractivity contribution in [1.82, 2.24) is 0 Å². The van der Waals surface area contributed by atoms with Crippen LogP contribution in [0, 0.1) is 0 Å². The molecule has 0 N–H and O–H groups in total. The van der Waals surface area contributed by atoms with E-state index in [9.17, 15) is 4.79 Å². The lowest BCUT2D eigenvalue weighted by atomic mass is 10.2. The Morgan fingerprint density at radius 2 is 2.15 bits per heavy atom. The van der Waals surface area contributed by atoms with E-state index in [4.69, 9.17) is 9.47 Å². The Labute approximate surface area is 77.3 Å². The molecule has 0 atom stereocenters. The van der Waals surface area contributed by atoms with Gasteiger partial charge < -0.3 is 9.47 Å². The molecule has 0 unspecified atom stereocenters. The number of rotatable bonds is 4. The van der Waals surface area contributed by atoms with Crippen molar-refractivity contribution in [3.05, 3.63) is 23.8 Å². The van der Waals surface area contributed by atoms with Crippen molar-refractivity contribution in [1.29, 1.82) is 0 Å². The molecule has 1 rings (SSSR count). The number of ether oxygens (including phenoxy) is 2. The van der Waals surface area contributed by atoms with Crippen LogP contribution in [-0.2, 0) is 4.79 Å². The van der Waals surface area contributed by atoms with Crippen molar-refractivity contribution < 1.29 is 14.3 Å². The molecule has 0 heterocycles. The first kappa shape index (κ1) is 9.58. The number of benzene rings is 1. The lowest BCUT2D eigenvalue weighted by molar-refractivity contribution is 0.311. The first-order valence-corrected chi connectivity index (χ1v) is 4.00. The van der Waals surface area contributed by atoms with Gasteiger partial charge in [0, 0.05) is 5.56 Å². The fourth-order valence-corrected chi connectivity index (χ4v) is 1.01. The normalized spacial score (nSPS) is 9.38. The molecule has 0 aromatic heterocycles. The molecule has 0 saturated carbocycles. The molecule has 69 valence electrons. The van der Waals surface area contributed by atoms with Crippen LogP contribution in [0.25, 0.3) is 0 Å². The zero-order valence-electron chi connectivity index (χ0n) is 7.66. The Bertz CT molecular complexity index is 294. The minimum Gasteiger partial charge on any atom is -0.493 e. The Balaban J connectivity index is 3.02. The second-order valence-corrected chi connectivity index (χ2v) is 2.40. The van der Waals surface area contributed by atoms with E-state index in [0.29, 0.717) is 23.7 Å². The smallest absolute Gasteiger partial charge is 0.233 e. The van der Waals surface area contributed by atoms with Crippen LogP contribution in [0.2, 0.25) is 0 Å². The van der Waals surface area contributed by atoms with Gasteiger partial charge in [-0.25, -0.2) is 0 Å². The van der Waals surface area contributed by atoms with E-state index in [1.807, 2.05) is 6.92 Å². The van der Waals surface area contributed by atoms with Gasteiger partial charge in [0.05, 0.1) is 13.7 Å². The predicted molar refractivity (Wildman–Crippen MR) is 49.0 cm³/mol. The van der Waals surface area contributed by atoms with Crippen molar-refractivity contribution >= 4 is 6.29 Å². The van der Waals surface area contributed by atoms with Gasteiger partial charge in [0.2, 0.25) is 6.29 Å². The molecule has 3 heteroatoms. The molecule has 3 nitrogen and oxygen atoms in total. The highest BCUT2D eigenvalue weighted by Crippen LogP contribution is 2.27. The average Bonchev–Trinajstić information content (AvgIpc) is 2.18. The first-order valence-electron chi connectivity index (χ1n) is 4.00. The lowest BCUT2D eigenvalue weighted by Crippen LogP contribution is -1.96. The Morgan fingerprint density at radius 3 is 2.69 bits per heavy atom. The number of hydrogen-bond donors (Lipinski definition) is 0. The quantitative estimate of drug-likeness (QED) is 0.703. The number of carbonyl (C=O) groups excluding carboxylic acids is 1. The van der Waals surface area contributed by atoms with Gasteiger partial charge in [-0.2, -0.15) is 0 Å². The second kappa shape index (κ2) is 4.50. The number of hydrogen-bond acceptors (Lipinski definition) is 3. The summed E-state index contributed by atoms with van der Waals surface area (Å²) >= 11 is 0. The molecular formula is C10H11O3. The summed E-state index contributed by atoms with van der Waals surface area (Å²) in [5.74, 6) is 1.20. The van der Waals surface area contributed by atoms with Gasteiger partial charge in [0.1, 0.15) is 0 Å². The molecule has 1 aromatic rings. The van der Waals surface area contributed by atoms with Gasteiger partial charge in [-0.15, -0.1) is 0 Å². The maximum absolute atomic E-state index is 10.3. The third-order valence-corrected chi connectivity index (χ3v) is 1.58. The van der Waals surface area contributed by atoms with Crippen molar-refractivity contribution in [2.24, 2.45) is 0 Å². The lowest BCUT2D eigenvalue weighted by Gasteiger charge is -2.08. The predicted octanol–water partition coefficient (Wildman–Crippen LogP) is 1.55. The minimum absolute atomic E-state index is 0.462. The van der Waals surface area contributed by atoms with Crippen LogP contribution in [0.15, 0.2) is 18.2 Å². The van der Waals surface area contributed by atoms with E-state index >= 15 is 0 Å². The largest absolute Gasteiger partial charge is 0.493 e. The molecule has 0 bridgehead atoms. The van der Waals surface area contributed by atoms with E-state index in [2.05, 4.69) is 0 Å². The van der Waals surface area contributed by atoms with Crippen molar-refractivity contribution in [3.8, 4) is 11.5 Å². The molecule has 0 aliphatic heterocycles. The zero-order chi connectivity index (χ0) is 9.68. The van der Waals surface area contributed by atoms with Crippen LogP contribution in [-0.4, -0.2) is 20.0 Å². The fourth-order valence-electron chi connectivity index (χ4n) is 1.01. The molecule has 0 aliphatic rings. The first-order chi connectivity index (χ1) is 6.31. The molecular weight excluding hydrogens is 168 g/mol. The maximum Gasteiger partial charge on any atom is 0.233 e. The van der Waals surface area contributed by atoms with Crippen LogP contribution in [0.1, 0.15) is 12.5 Å². The molecule has 0 amide bonds. The maximum atomic E-state index is 10.3. The van der Waals surface area contributed by atoms with E-state index in [-0.39, 0.29) is 0 Å². The average molecular weight is 179 g/mol. The van der Waals surface area contributed by atoms with Crippen molar-refractivity contribution in [2.75, 3.05) is 13.7 Å². The zero-order valence-corrected chi connectivity index (χ0v) is 7.66. The van der Waals surface area contributed by atoms with E-state index < -0.39 is 0 Å². The summed E-state index contributed by atoms with van der Waals surface area (Å²) in [4.78, 5) is 10.3. The monoisotopic (exact) mass is 179 g/mol. The SMILES string of the molecule is CCOc1cc([C]=O)ccc1OC. The standard InChI is InChI=1S/C10H11O3/c1-3-13-10-6-8(7-11)4-5-9(10)12-2/h4-6H,3H2,1-2H3. The topological polar surface area (TPSA) is 35.5 Å². The van der Waals surface area contributed by atoms with Gasteiger partial charge in [-0.1, -0.05) is 0 Å². The fraction of sp³-hybridized carbons (Fsp3) is 0.300. The summed E-state index contributed by atoms with van der Waals surface area (Å²) in [5, 5.41) is 0. The Hall–Kier alpha value is -1.51. The van der Waals surface area contributed by atoms with Gasteiger partial charge in [-0.3, -0.25) is 4.79 Å². The minimum atomic E-state index is 0.462. The van der Waals surface area contributed by atoms with Gasteiger partial charge in [0.25, 0.3) is 0 Å². The molecule has 0 fully saturated rings. The van der Waals surface area contributed by atoms with Crippen LogP contribution < -0.4 is 9.47 Å². The summed E-state index contributed by atoms with van der Waals surface area (Å²) in [6.45, 7) is 2.41. The van der Waals surface area contributed by atoms with E-state index in [1.165, 1.54) is 0 Å². The molecule has 1 aromatic carbocycles. The van der Waals surface area contributed by atoms with Gasteiger partial charge >= 0.3 is 0 Å². The van der Waals surface area contributed by atoms with Crippen LogP contribution >= 0.6 is 0 Å². The highest BCUT2D eigenvalue weighted by atomic mass is 16.5. The number of methoxy groups -OCH3 is 1. The highest BCUT2D eigenvalue weighted by Gasteiger charge is 2.04. The van der Waals surface area contributed by atoms with E-state index in [1.54, 1.807) is 31.6 Å². The summed E-state index contributed by atoms with van der Waals surface area (Å²) < 4.78 is 10.3. The van der Waals surface area contributed by atoms with Crippen molar-refractivity contribution in [2.45, 2.75) is 6.92 Å². The Kier molecular flexibility index (Phi) is 3.31. The molecule has 0 spiro atoms. The molecule has 13 heavy (non-hydrogen) atoms. The van der Waals surface area contributed by atoms with Crippen LogP contribution in [0.3, 0.4) is 0 Å². The highest BCUT2D eigenvalue weighted by molar-refractivity contribution is 5.76. The van der Waals surface area contributed by atoms with Gasteiger partial charge in [0.15, 0.2) is 11.5 Å². The van der Waals surface area contributed by atoms with Crippen LogP contribution in [0.4, 0.5) is 0 Å². The summed E-state index contributed by atoms with van der Waals surface area (Å²) in [7, 11) is 1.56.